The summed E-state index contributed by atoms with van der Waals surface area (Å²) in [7, 11) is 1.72. The Morgan fingerprint density at radius 1 is 0.949 bits per heavy atom. The number of nitrogens with zero attached hydrogens (tertiary/aromatic N) is 3. The summed E-state index contributed by atoms with van der Waals surface area (Å²) in [6, 6.07) is 16.2. The molecule has 206 valence electrons. The number of aliphatic carboxylic acids is 2. The predicted octanol–water partition coefficient (Wildman–Crippen LogP) is 4.51. The maximum absolute atomic E-state index is 14.0. The molecule has 2 saturated carbocycles. The molecular weight excluding hydrogens is 501 g/mol. The summed E-state index contributed by atoms with van der Waals surface area (Å²) in [5.41, 5.74) is 2.48. The molecule has 2 aliphatic carbocycles. The van der Waals surface area contributed by atoms with Crippen molar-refractivity contribution in [1.29, 1.82) is 5.26 Å². The number of carbonyl (C=O) groups is 2. The van der Waals surface area contributed by atoms with Crippen LogP contribution in [0.25, 0.3) is 0 Å². The Morgan fingerprint density at radius 2 is 1.54 bits per heavy atom. The minimum atomic E-state index is -1.26. The SMILES string of the molecule is COc1ccc(C2CC3CC(N4CCN(c5ccc(C#N)c(F)c5)CC4)CC3C2)cc1.O=C(O)/C=C/C(=O)O. The maximum atomic E-state index is 14.0. The maximum Gasteiger partial charge on any atom is 0.328 e. The molecule has 0 bridgehead atoms. The molecule has 1 saturated heterocycles. The van der Waals surface area contributed by atoms with E-state index >= 15 is 0 Å². The van der Waals surface area contributed by atoms with Gasteiger partial charge in [-0.15, -0.1) is 0 Å². The molecule has 2 atom stereocenters. The first-order valence-corrected chi connectivity index (χ1v) is 13.2. The molecule has 3 aliphatic rings. The van der Waals surface area contributed by atoms with Crippen LogP contribution in [0, 0.1) is 29.0 Å². The van der Waals surface area contributed by atoms with Crippen molar-refractivity contribution >= 4 is 17.6 Å². The number of methoxy groups -OCH3 is 1. The second-order valence-corrected chi connectivity index (χ2v) is 10.4. The van der Waals surface area contributed by atoms with E-state index in [9.17, 15) is 14.0 Å². The highest BCUT2D eigenvalue weighted by atomic mass is 19.1. The molecule has 2 aromatic carbocycles. The lowest BCUT2D eigenvalue weighted by Gasteiger charge is -2.39. The third kappa shape index (κ3) is 7.15. The molecular formula is C30H34FN3O5. The van der Waals surface area contributed by atoms with Gasteiger partial charge in [-0.25, -0.2) is 14.0 Å². The number of halogens is 1. The Balaban J connectivity index is 0.000000386. The molecule has 1 aliphatic heterocycles. The van der Waals surface area contributed by atoms with Crippen LogP contribution in [-0.4, -0.2) is 66.4 Å². The fourth-order valence-electron chi connectivity index (χ4n) is 6.31. The number of fused-ring (bicyclic) bond motifs is 1. The Labute approximate surface area is 227 Å². The van der Waals surface area contributed by atoms with Crippen LogP contribution in [0.1, 0.15) is 42.7 Å². The van der Waals surface area contributed by atoms with Crippen molar-refractivity contribution in [3.63, 3.8) is 0 Å². The zero-order chi connectivity index (χ0) is 27.9. The Hall–Kier alpha value is -3.90. The fraction of sp³-hybridized carbons (Fsp3) is 0.433. The van der Waals surface area contributed by atoms with Gasteiger partial charge in [0.15, 0.2) is 0 Å². The van der Waals surface area contributed by atoms with Crippen molar-refractivity contribution in [1.82, 2.24) is 4.90 Å². The lowest BCUT2D eigenvalue weighted by atomic mass is 9.93. The van der Waals surface area contributed by atoms with Gasteiger partial charge in [-0.3, -0.25) is 4.90 Å². The number of benzene rings is 2. The first-order valence-electron chi connectivity index (χ1n) is 13.2. The normalized spacial score (nSPS) is 24.5. The number of nitriles is 1. The van der Waals surface area contributed by atoms with E-state index in [1.165, 1.54) is 37.3 Å². The molecule has 1 heterocycles. The lowest BCUT2D eigenvalue weighted by Crippen LogP contribution is -2.50. The Morgan fingerprint density at radius 3 is 2.03 bits per heavy atom. The third-order valence-electron chi connectivity index (χ3n) is 8.22. The van der Waals surface area contributed by atoms with Crippen LogP contribution in [0.15, 0.2) is 54.6 Å². The zero-order valence-corrected chi connectivity index (χ0v) is 22.0. The summed E-state index contributed by atoms with van der Waals surface area (Å²) in [5, 5.41) is 24.6. The molecule has 0 radical (unpaired) electrons. The van der Waals surface area contributed by atoms with Crippen LogP contribution in [-0.2, 0) is 9.59 Å². The third-order valence-corrected chi connectivity index (χ3v) is 8.22. The average molecular weight is 536 g/mol. The van der Waals surface area contributed by atoms with Crippen LogP contribution >= 0.6 is 0 Å². The van der Waals surface area contributed by atoms with Crippen molar-refractivity contribution in [2.75, 3.05) is 38.2 Å². The number of hydrogen-bond acceptors (Lipinski definition) is 6. The van der Waals surface area contributed by atoms with Gasteiger partial charge in [-0.1, -0.05) is 12.1 Å². The van der Waals surface area contributed by atoms with Crippen LogP contribution in [0.3, 0.4) is 0 Å². The summed E-state index contributed by atoms with van der Waals surface area (Å²) in [6.45, 7) is 3.92. The van der Waals surface area contributed by atoms with Gasteiger partial charge < -0.3 is 19.8 Å². The van der Waals surface area contributed by atoms with E-state index in [1.807, 2.05) is 12.1 Å². The highest BCUT2D eigenvalue weighted by Gasteiger charge is 2.44. The standard InChI is InChI=1S/C26H30FN3O.C4H4O4/c1-31-25-6-3-18(4-7-25)20-12-21-14-24(15-22(21)13-20)30-10-8-29(9-11-30)23-5-2-19(17-28)26(27)16-23;5-3(6)1-2-4(7)8/h2-7,16,20-22,24H,8-15H2,1H3;1-2H,(H,5,6)(H,7,8)/b;2-1+. The molecule has 0 amide bonds. The fourth-order valence-corrected chi connectivity index (χ4v) is 6.31. The van der Waals surface area contributed by atoms with Gasteiger partial charge >= 0.3 is 11.9 Å². The van der Waals surface area contributed by atoms with Gasteiger partial charge in [-0.2, -0.15) is 5.26 Å². The van der Waals surface area contributed by atoms with Crippen molar-refractivity contribution in [3.8, 4) is 11.8 Å². The summed E-state index contributed by atoms with van der Waals surface area (Å²) in [4.78, 5) is 24.0. The number of hydrogen-bond donors (Lipinski definition) is 2. The van der Waals surface area contributed by atoms with Gasteiger partial charge in [-0.05, 0) is 79.3 Å². The number of carboxylic acid groups (broad SMARTS) is 2. The van der Waals surface area contributed by atoms with Gasteiger partial charge in [0.05, 0.1) is 12.7 Å². The van der Waals surface area contributed by atoms with Gasteiger partial charge in [0, 0.05) is 50.1 Å². The smallest absolute Gasteiger partial charge is 0.328 e. The summed E-state index contributed by atoms with van der Waals surface area (Å²) < 4.78 is 19.3. The Kier molecular flexibility index (Phi) is 9.20. The number of carboxylic acids is 2. The summed E-state index contributed by atoms with van der Waals surface area (Å²) in [6.07, 6.45) is 6.40. The first-order chi connectivity index (χ1) is 18.8. The van der Waals surface area contributed by atoms with E-state index in [2.05, 4.69) is 34.1 Å². The second-order valence-electron chi connectivity index (χ2n) is 10.4. The average Bonchev–Trinajstić information content (AvgIpc) is 3.52. The highest BCUT2D eigenvalue weighted by Crippen LogP contribution is 2.51. The number of ether oxygens (including phenoxy) is 1. The minimum Gasteiger partial charge on any atom is -0.497 e. The lowest BCUT2D eigenvalue weighted by molar-refractivity contribution is -0.134. The van der Waals surface area contributed by atoms with Crippen LogP contribution < -0.4 is 9.64 Å². The largest absolute Gasteiger partial charge is 0.497 e. The molecule has 2 aromatic rings. The molecule has 3 fully saturated rings. The second kappa shape index (κ2) is 12.8. The van der Waals surface area contributed by atoms with Gasteiger partial charge in [0.1, 0.15) is 17.6 Å². The van der Waals surface area contributed by atoms with Crippen LogP contribution in [0.2, 0.25) is 0 Å². The molecule has 0 spiro atoms. The van der Waals surface area contributed by atoms with E-state index in [0.717, 1.165) is 49.5 Å². The zero-order valence-electron chi connectivity index (χ0n) is 22.0. The summed E-state index contributed by atoms with van der Waals surface area (Å²) in [5.74, 6) is 0.401. The van der Waals surface area contributed by atoms with E-state index in [4.69, 9.17) is 20.2 Å². The molecule has 8 nitrogen and oxygen atoms in total. The molecule has 2 N–H and O–H groups in total. The van der Waals surface area contributed by atoms with Crippen molar-refractivity contribution in [3.05, 3.63) is 71.6 Å². The quantitative estimate of drug-likeness (QED) is 0.520. The monoisotopic (exact) mass is 535 g/mol. The van der Waals surface area contributed by atoms with Crippen molar-refractivity contribution in [2.24, 2.45) is 11.8 Å². The summed E-state index contributed by atoms with van der Waals surface area (Å²) >= 11 is 0. The number of piperazine rings is 1. The minimum absolute atomic E-state index is 0.118. The molecule has 5 rings (SSSR count). The van der Waals surface area contributed by atoms with Crippen molar-refractivity contribution < 1.29 is 28.9 Å². The van der Waals surface area contributed by atoms with Crippen molar-refractivity contribution in [2.45, 2.75) is 37.6 Å². The topological polar surface area (TPSA) is 114 Å². The Bertz CT molecular complexity index is 1200. The van der Waals surface area contributed by atoms with Gasteiger partial charge in [0.2, 0.25) is 0 Å². The van der Waals surface area contributed by atoms with Gasteiger partial charge in [0.25, 0.3) is 0 Å². The van der Waals surface area contributed by atoms with E-state index < -0.39 is 17.8 Å². The van der Waals surface area contributed by atoms with E-state index in [-0.39, 0.29) is 5.56 Å². The molecule has 39 heavy (non-hydrogen) atoms. The van der Waals surface area contributed by atoms with E-state index in [0.29, 0.717) is 24.1 Å². The predicted molar refractivity (Wildman–Crippen MR) is 144 cm³/mol. The van der Waals surface area contributed by atoms with Crippen LogP contribution in [0.5, 0.6) is 5.75 Å². The van der Waals surface area contributed by atoms with E-state index in [1.54, 1.807) is 13.2 Å². The molecule has 2 unspecified atom stereocenters. The number of rotatable bonds is 6. The molecule has 9 heteroatoms. The molecule has 0 aromatic heterocycles. The number of anilines is 1. The highest BCUT2D eigenvalue weighted by molar-refractivity contribution is 5.89. The first kappa shape index (κ1) is 28.1. The van der Waals surface area contributed by atoms with Crippen LogP contribution in [0.4, 0.5) is 10.1 Å².